The van der Waals surface area contributed by atoms with Crippen LogP contribution in [0.4, 0.5) is 5.69 Å². The number of nitrogens with one attached hydrogen (secondary N) is 1. The van der Waals surface area contributed by atoms with Gasteiger partial charge in [0.25, 0.3) is 0 Å². The predicted octanol–water partition coefficient (Wildman–Crippen LogP) is 1.32. The number of methoxy groups -OCH3 is 1. The fourth-order valence-electron chi connectivity index (χ4n) is 1.63. The molecule has 114 valence electrons. The maximum absolute atomic E-state index is 12.0. The minimum Gasteiger partial charge on any atom is -0.495 e. The molecule has 0 aliphatic rings. The van der Waals surface area contributed by atoms with Gasteiger partial charge in [0.2, 0.25) is 10.0 Å². The van der Waals surface area contributed by atoms with Gasteiger partial charge >= 0.3 is 0 Å². The van der Waals surface area contributed by atoms with Crippen LogP contribution in [0.1, 0.15) is 19.4 Å². The fourth-order valence-corrected chi connectivity index (χ4v) is 2.59. The average molecular weight is 302 g/mol. The molecule has 0 unspecified atom stereocenters. The molecule has 0 amide bonds. The number of hydrogen-bond donors (Lipinski definition) is 2. The lowest BCUT2D eigenvalue weighted by Gasteiger charge is -2.15. The number of hydrogen-bond acceptors (Lipinski definition) is 5. The number of para-hydroxylation sites is 1. The predicted molar refractivity (Wildman–Crippen MR) is 79.4 cm³/mol. The first kappa shape index (κ1) is 16.7. The SMILES string of the molecule is COc1cccc(CN)c1NS(=O)(=O)CCOC(C)C. The van der Waals surface area contributed by atoms with Gasteiger partial charge in [-0.15, -0.1) is 0 Å². The Labute approximate surface area is 120 Å². The van der Waals surface area contributed by atoms with Crippen molar-refractivity contribution in [1.82, 2.24) is 0 Å². The van der Waals surface area contributed by atoms with Crippen LogP contribution in [0.5, 0.6) is 5.75 Å². The Morgan fingerprint density at radius 2 is 2.05 bits per heavy atom. The number of anilines is 1. The fraction of sp³-hybridized carbons (Fsp3) is 0.538. The van der Waals surface area contributed by atoms with Gasteiger partial charge in [-0.2, -0.15) is 0 Å². The highest BCUT2D eigenvalue weighted by atomic mass is 32.2. The number of rotatable bonds is 8. The van der Waals surface area contributed by atoms with Gasteiger partial charge in [0.15, 0.2) is 0 Å². The first-order valence-corrected chi connectivity index (χ1v) is 8.03. The molecule has 0 aromatic heterocycles. The third kappa shape index (κ3) is 4.99. The second kappa shape index (κ2) is 7.47. The smallest absolute Gasteiger partial charge is 0.235 e. The zero-order valence-corrected chi connectivity index (χ0v) is 12.9. The molecule has 0 saturated heterocycles. The molecule has 0 aliphatic carbocycles. The van der Waals surface area contributed by atoms with Gasteiger partial charge in [0, 0.05) is 6.54 Å². The number of nitrogens with two attached hydrogens (primary N) is 1. The van der Waals surface area contributed by atoms with Crippen LogP contribution in [0.3, 0.4) is 0 Å². The van der Waals surface area contributed by atoms with E-state index in [1.807, 2.05) is 13.8 Å². The van der Waals surface area contributed by atoms with Crippen LogP contribution in [0, 0.1) is 0 Å². The van der Waals surface area contributed by atoms with E-state index in [9.17, 15) is 8.42 Å². The van der Waals surface area contributed by atoms with Crippen LogP contribution < -0.4 is 15.2 Å². The summed E-state index contributed by atoms with van der Waals surface area (Å²) in [6.45, 7) is 4.07. The summed E-state index contributed by atoms with van der Waals surface area (Å²) in [5.41, 5.74) is 6.69. The third-order valence-corrected chi connectivity index (χ3v) is 3.83. The molecular weight excluding hydrogens is 280 g/mol. The summed E-state index contributed by atoms with van der Waals surface area (Å²) in [5, 5.41) is 0. The summed E-state index contributed by atoms with van der Waals surface area (Å²) in [7, 11) is -2.02. The van der Waals surface area contributed by atoms with Gasteiger partial charge in [-0.05, 0) is 25.5 Å². The van der Waals surface area contributed by atoms with Crippen LogP contribution >= 0.6 is 0 Å². The standard InChI is InChI=1S/C13H22N2O4S/c1-10(2)19-7-8-20(16,17)15-13-11(9-14)5-4-6-12(13)18-3/h4-6,10,15H,7-9,14H2,1-3H3. The first-order chi connectivity index (χ1) is 9.39. The Kier molecular flexibility index (Phi) is 6.25. The molecule has 6 nitrogen and oxygen atoms in total. The van der Waals surface area contributed by atoms with Crippen molar-refractivity contribution >= 4 is 15.7 Å². The maximum atomic E-state index is 12.0. The quantitative estimate of drug-likeness (QED) is 0.756. The van der Waals surface area contributed by atoms with E-state index in [0.717, 1.165) is 0 Å². The van der Waals surface area contributed by atoms with Crippen molar-refractivity contribution in [3.63, 3.8) is 0 Å². The molecular formula is C13H22N2O4S. The Hall–Kier alpha value is -1.31. The monoisotopic (exact) mass is 302 g/mol. The maximum Gasteiger partial charge on any atom is 0.235 e. The average Bonchev–Trinajstić information content (AvgIpc) is 2.37. The van der Waals surface area contributed by atoms with Crippen LogP contribution in [-0.2, 0) is 21.3 Å². The summed E-state index contributed by atoms with van der Waals surface area (Å²) in [6, 6.07) is 5.20. The van der Waals surface area contributed by atoms with Crippen molar-refractivity contribution in [2.75, 3.05) is 24.2 Å². The summed E-state index contributed by atoms with van der Waals surface area (Å²) in [4.78, 5) is 0. The van der Waals surface area contributed by atoms with E-state index in [4.69, 9.17) is 15.2 Å². The minimum atomic E-state index is -3.51. The van der Waals surface area contributed by atoms with Crippen molar-refractivity contribution in [1.29, 1.82) is 0 Å². The molecule has 3 N–H and O–H groups in total. The van der Waals surface area contributed by atoms with Crippen molar-refractivity contribution in [2.45, 2.75) is 26.5 Å². The number of ether oxygens (including phenoxy) is 2. The van der Waals surface area contributed by atoms with E-state index >= 15 is 0 Å². The largest absolute Gasteiger partial charge is 0.495 e. The zero-order chi connectivity index (χ0) is 15.2. The van der Waals surface area contributed by atoms with Gasteiger partial charge in [0.05, 0.1) is 31.3 Å². The van der Waals surface area contributed by atoms with E-state index < -0.39 is 10.0 Å². The summed E-state index contributed by atoms with van der Waals surface area (Å²) in [5.74, 6) is 0.328. The van der Waals surface area contributed by atoms with Crippen molar-refractivity contribution in [3.8, 4) is 5.75 Å². The molecule has 0 radical (unpaired) electrons. The lowest BCUT2D eigenvalue weighted by molar-refractivity contribution is 0.0913. The minimum absolute atomic E-state index is 0.00364. The van der Waals surface area contributed by atoms with Crippen molar-refractivity contribution < 1.29 is 17.9 Å². The van der Waals surface area contributed by atoms with Crippen molar-refractivity contribution in [2.24, 2.45) is 5.73 Å². The topological polar surface area (TPSA) is 90.6 Å². The van der Waals surface area contributed by atoms with Crippen LogP contribution in [0.15, 0.2) is 18.2 Å². The Morgan fingerprint density at radius 1 is 1.35 bits per heavy atom. The second-order valence-electron chi connectivity index (χ2n) is 4.54. The molecule has 0 saturated carbocycles. The molecule has 1 rings (SSSR count). The molecule has 1 aromatic carbocycles. The van der Waals surface area contributed by atoms with Crippen LogP contribution in [-0.4, -0.2) is 34.0 Å². The third-order valence-electron chi connectivity index (χ3n) is 2.61. The highest BCUT2D eigenvalue weighted by molar-refractivity contribution is 7.92. The van der Waals surface area contributed by atoms with E-state index in [1.165, 1.54) is 7.11 Å². The summed E-state index contributed by atoms with van der Waals surface area (Å²) in [6.07, 6.45) is -0.00364. The lowest BCUT2D eigenvalue weighted by Crippen LogP contribution is -2.22. The molecule has 20 heavy (non-hydrogen) atoms. The molecule has 0 fully saturated rings. The molecule has 0 aliphatic heterocycles. The Bertz CT molecular complexity index is 507. The van der Waals surface area contributed by atoms with E-state index in [1.54, 1.807) is 18.2 Å². The van der Waals surface area contributed by atoms with Gasteiger partial charge < -0.3 is 15.2 Å². The Morgan fingerprint density at radius 3 is 2.60 bits per heavy atom. The molecule has 0 spiro atoms. The van der Waals surface area contributed by atoms with Gasteiger partial charge in [-0.1, -0.05) is 12.1 Å². The first-order valence-electron chi connectivity index (χ1n) is 6.37. The zero-order valence-electron chi connectivity index (χ0n) is 12.0. The lowest BCUT2D eigenvalue weighted by atomic mass is 10.1. The molecule has 0 bridgehead atoms. The second-order valence-corrected chi connectivity index (χ2v) is 6.38. The van der Waals surface area contributed by atoms with E-state index in [0.29, 0.717) is 17.0 Å². The Balaban J connectivity index is 2.86. The normalized spacial score (nSPS) is 11.7. The highest BCUT2D eigenvalue weighted by Gasteiger charge is 2.16. The summed E-state index contributed by atoms with van der Waals surface area (Å²) < 4.78 is 37.0. The highest BCUT2D eigenvalue weighted by Crippen LogP contribution is 2.29. The van der Waals surface area contributed by atoms with Crippen LogP contribution in [0.2, 0.25) is 0 Å². The van der Waals surface area contributed by atoms with Crippen molar-refractivity contribution in [3.05, 3.63) is 23.8 Å². The molecule has 0 heterocycles. The number of sulfonamides is 1. The van der Waals surface area contributed by atoms with Gasteiger partial charge in [-0.3, -0.25) is 4.72 Å². The summed E-state index contributed by atoms with van der Waals surface area (Å²) >= 11 is 0. The number of benzene rings is 1. The molecule has 0 atom stereocenters. The van der Waals surface area contributed by atoms with E-state index in [-0.39, 0.29) is 25.0 Å². The molecule has 1 aromatic rings. The molecule has 7 heteroatoms. The van der Waals surface area contributed by atoms with Crippen LogP contribution in [0.25, 0.3) is 0 Å². The van der Waals surface area contributed by atoms with Gasteiger partial charge in [0.1, 0.15) is 5.75 Å². The van der Waals surface area contributed by atoms with E-state index in [2.05, 4.69) is 4.72 Å². The van der Waals surface area contributed by atoms with Gasteiger partial charge in [-0.25, -0.2) is 8.42 Å².